The Morgan fingerprint density at radius 3 is 2.58 bits per heavy atom. The lowest BCUT2D eigenvalue weighted by molar-refractivity contribution is 0.181. The van der Waals surface area contributed by atoms with Crippen molar-refractivity contribution in [1.29, 1.82) is 0 Å². The lowest BCUT2D eigenvalue weighted by Gasteiger charge is -2.23. The second kappa shape index (κ2) is 6.59. The van der Waals surface area contributed by atoms with E-state index in [1.54, 1.807) is 14.2 Å². The number of hydrogen-bond donors (Lipinski definition) is 1. The Kier molecular flexibility index (Phi) is 5.07. The summed E-state index contributed by atoms with van der Waals surface area (Å²) in [4.78, 5) is 2.30. The summed E-state index contributed by atoms with van der Waals surface area (Å²) in [7, 11) is 3.31. The Morgan fingerprint density at radius 2 is 2.05 bits per heavy atom. The van der Waals surface area contributed by atoms with Crippen molar-refractivity contribution in [1.82, 2.24) is 4.90 Å². The second-order valence-corrected chi connectivity index (χ2v) is 5.57. The lowest BCUT2D eigenvalue weighted by Crippen LogP contribution is -2.29. The molecule has 2 rings (SSSR count). The molecule has 106 valence electrons. The minimum Gasteiger partial charge on any atom is -0.497 e. The van der Waals surface area contributed by atoms with E-state index in [-0.39, 0.29) is 6.61 Å². The SMILES string of the molecule is COc1cc(Br)c(CN(CCO)C2CC2)c(OC)c1. The molecule has 0 heterocycles. The fourth-order valence-corrected chi connectivity index (χ4v) is 2.75. The van der Waals surface area contributed by atoms with E-state index in [1.165, 1.54) is 12.8 Å². The van der Waals surface area contributed by atoms with Crippen molar-refractivity contribution in [2.24, 2.45) is 0 Å². The first-order valence-electron chi connectivity index (χ1n) is 6.45. The molecule has 0 unspecified atom stereocenters. The maximum atomic E-state index is 9.16. The average molecular weight is 330 g/mol. The fraction of sp³-hybridized carbons (Fsp3) is 0.571. The standard InChI is InChI=1S/C14H20BrNO3/c1-18-11-7-13(15)12(14(8-11)19-2)9-16(5-6-17)10-3-4-10/h7-8,10,17H,3-6,9H2,1-2H3. The number of hydrogen-bond acceptors (Lipinski definition) is 4. The zero-order valence-corrected chi connectivity index (χ0v) is 12.9. The van der Waals surface area contributed by atoms with Gasteiger partial charge in [0.1, 0.15) is 11.5 Å². The van der Waals surface area contributed by atoms with Crippen LogP contribution in [0.3, 0.4) is 0 Å². The van der Waals surface area contributed by atoms with Gasteiger partial charge in [-0.2, -0.15) is 0 Å². The summed E-state index contributed by atoms with van der Waals surface area (Å²) >= 11 is 3.58. The maximum absolute atomic E-state index is 9.16. The molecule has 0 atom stereocenters. The molecule has 0 amide bonds. The van der Waals surface area contributed by atoms with Gasteiger partial charge < -0.3 is 14.6 Å². The third-order valence-electron chi connectivity index (χ3n) is 3.40. The highest BCUT2D eigenvalue weighted by atomic mass is 79.9. The van der Waals surface area contributed by atoms with Gasteiger partial charge in [-0.1, -0.05) is 15.9 Å². The summed E-state index contributed by atoms with van der Waals surface area (Å²) in [6.07, 6.45) is 2.44. The summed E-state index contributed by atoms with van der Waals surface area (Å²) in [5.74, 6) is 1.59. The highest BCUT2D eigenvalue weighted by molar-refractivity contribution is 9.10. The molecule has 4 nitrogen and oxygen atoms in total. The Bertz CT molecular complexity index is 435. The topological polar surface area (TPSA) is 41.9 Å². The van der Waals surface area contributed by atoms with Gasteiger partial charge in [-0.25, -0.2) is 0 Å². The van der Waals surface area contributed by atoms with E-state index in [4.69, 9.17) is 14.6 Å². The zero-order valence-electron chi connectivity index (χ0n) is 11.4. The molecule has 19 heavy (non-hydrogen) atoms. The molecule has 0 aliphatic heterocycles. The van der Waals surface area contributed by atoms with Crippen LogP contribution in [0.25, 0.3) is 0 Å². The van der Waals surface area contributed by atoms with Crippen molar-refractivity contribution in [2.75, 3.05) is 27.4 Å². The van der Waals surface area contributed by atoms with Gasteiger partial charge in [0.2, 0.25) is 0 Å². The monoisotopic (exact) mass is 329 g/mol. The average Bonchev–Trinajstić information content (AvgIpc) is 3.24. The van der Waals surface area contributed by atoms with E-state index in [2.05, 4.69) is 20.8 Å². The number of ether oxygens (including phenoxy) is 2. The summed E-state index contributed by atoms with van der Waals surface area (Å²) in [5.41, 5.74) is 1.10. The first kappa shape index (κ1) is 14.6. The van der Waals surface area contributed by atoms with Gasteiger partial charge in [-0.3, -0.25) is 4.90 Å². The number of methoxy groups -OCH3 is 2. The molecule has 0 saturated heterocycles. The minimum atomic E-state index is 0.187. The van der Waals surface area contributed by atoms with Crippen molar-refractivity contribution >= 4 is 15.9 Å². The predicted octanol–water partition coefficient (Wildman–Crippen LogP) is 2.42. The maximum Gasteiger partial charge on any atom is 0.128 e. The number of aliphatic hydroxyl groups is 1. The van der Waals surface area contributed by atoms with Crippen LogP contribution in [0.4, 0.5) is 0 Å². The Labute approximate surface area is 122 Å². The van der Waals surface area contributed by atoms with Crippen molar-refractivity contribution in [3.05, 3.63) is 22.2 Å². The lowest BCUT2D eigenvalue weighted by atomic mass is 10.1. The molecule has 1 aromatic carbocycles. The van der Waals surface area contributed by atoms with Crippen LogP contribution in [0.1, 0.15) is 18.4 Å². The van der Waals surface area contributed by atoms with Crippen LogP contribution in [0, 0.1) is 0 Å². The van der Waals surface area contributed by atoms with Gasteiger partial charge in [0.15, 0.2) is 0 Å². The predicted molar refractivity (Wildman–Crippen MR) is 77.8 cm³/mol. The second-order valence-electron chi connectivity index (χ2n) is 4.72. The molecule has 1 saturated carbocycles. The van der Waals surface area contributed by atoms with E-state index in [9.17, 15) is 0 Å². The highest BCUT2D eigenvalue weighted by Gasteiger charge is 2.29. The molecular weight excluding hydrogens is 310 g/mol. The summed E-state index contributed by atoms with van der Waals surface area (Å²) in [5, 5.41) is 9.16. The number of halogens is 1. The molecule has 1 aliphatic carbocycles. The van der Waals surface area contributed by atoms with Crippen LogP contribution in [0.2, 0.25) is 0 Å². The summed E-state index contributed by atoms with van der Waals surface area (Å²) < 4.78 is 11.7. The first-order valence-corrected chi connectivity index (χ1v) is 7.24. The van der Waals surface area contributed by atoms with E-state index in [1.807, 2.05) is 12.1 Å². The van der Waals surface area contributed by atoms with Crippen molar-refractivity contribution in [3.63, 3.8) is 0 Å². The van der Waals surface area contributed by atoms with Gasteiger partial charge >= 0.3 is 0 Å². The van der Waals surface area contributed by atoms with Gasteiger partial charge in [0.05, 0.1) is 20.8 Å². The molecule has 0 aromatic heterocycles. The molecule has 0 bridgehead atoms. The van der Waals surface area contributed by atoms with Crippen LogP contribution < -0.4 is 9.47 Å². The molecule has 1 aliphatic rings. The molecule has 5 heteroatoms. The molecule has 0 spiro atoms. The van der Waals surface area contributed by atoms with Crippen LogP contribution in [0.15, 0.2) is 16.6 Å². The molecule has 1 N–H and O–H groups in total. The normalized spacial score (nSPS) is 14.8. The van der Waals surface area contributed by atoms with Crippen molar-refractivity contribution < 1.29 is 14.6 Å². The number of nitrogens with zero attached hydrogens (tertiary/aromatic N) is 1. The Balaban J connectivity index is 2.22. The third-order valence-corrected chi connectivity index (χ3v) is 4.10. The highest BCUT2D eigenvalue weighted by Crippen LogP contribution is 2.36. The zero-order chi connectivity index (χ0) is 13.8. The Hall–Kier alpha value is -0.780. The van der Waals surface area contributed by atoms with Crippen LogP contribution in [-0.2, 0) is 6.54 Å². The number of rotatable bonds is 7. The van der Waals surface area contributed by atoms with Gasteiger partial charge in [-0.05, 0) is 18.9 Å². The molecular formula is C14H20BrNO3. The van der Waals surface area contributed by atoms with E-state index in [0.29, 0.717) is 12.6 Å². The number of aliphatic hydroxyl groups excluding tert-OH is 1. The summed E-state index contributed by atoms with van der Waals surface area (Å²) in [6, 6.07) is 4.44. The number of benzene rings is 1. The smallest absolute Gasteiger partial charge is 0.128 e. The van der Waals surface area contributed by atoms with E-state index < -0.39 is 0 Å². The molecule has 1 aromatic rings. The van der Waals surface area contributed by atoms with Crippen LogP contribution >= 0.6 is 15.9 Å². The van der Waals surface area contributed by atoms with Crippen molar-refractivity contribution in [2.45, 2.75) is 25.4 Å². The van der Waals surface area contributed by atoms with E-state index >= 15 is 0 Å². The minimum absolute atomic E-state index is 0.187. The Morgan fingerprint density at radius 1 is 1.32 bits per heavy atom. The van der Waals surface area contributed by atoms with Crippen LogP contribution in [-0.4, -0.2) is 43.4 Å². The first-order chi connectivity index (χ1) is 9.19. The third kappa shape index (κ3) is 3.61. The van der Waals surface area contributed by atoms with Gasteiger partial charge in [0, 0.05) is 35.2 Å². The molecule has 0 radical (unpaired) electrons. The van der Waals surface area contributed by atoms with Gasteiger partial charge in [0.25, 0.3) is 0 Å². The fourth-order valence-electron chi connectivity index (χ4n) is 2.20. The molecule has 1 fully saturated rings. The van der Waals surface area contributed by atoms with Gasteiger partial charge in [-0.15, -0.1) is 0 Å². The summed E-state index contributed by atoms with van der Waals surface area (Å²) in [6.45, 7) is 1.66. The van der Waals surface area contributed by atoms with E-state index in [0.717, 1.165) is 28.1 Å². The van der Waals surface area contributed by atoms with Crippen LogP contribution in [0.5, 0.6) is 11.5 Å². The largest absolute Gasteiger partial charge is 0.497 e. The quantitative estimate of drug-likeness (QED) is 0.834. The van der Waals surface area contributed by atoms with Crippen molar-refractivity contribution in [3.8, 4) is 11.5 Å².